The number of amides is 1. The van der Waals surface area contributed by atoms with E-state index < -0.39 is 22.1 Å². The Kier molecular flexibility index (Phi) is 6.55. The lowest BCUT2D eigenvalue weighted by Crippen LogP contribution is -2.36. The molecule has 0 aliphatic heterocycles. The Morgan fingerprint density at radius 2 is 1.60 bits per heavy atom. The van der Waals surface area contributed by atoms with Crippen LogP contribution in [0.4, 0.5) is 18.9 Å². The van der Waals surface area contributed by atoms with E-state index in [9.17, 15) is 26.4 Å². The maximum Gasteiger partial charge on any atom is 0.573 e. The fourth-order valence-corrected chi connectivity index (χ4v) is 4.38. The first-order chi connectivity index (χ1) is 14.1. The van der Waals surface area contributed by atoms with Gasteiger partial charge in [0.2, 0.25) is 0 Å². The highest BCUT2D eigenvalue weighted by atomic mass is 32.2. The molecule has 6 nitrogen and oxygen atoms in total. The Morgan fingerprint density at radius 3 is 2.23 bits per heavy atom. The zero-order valence-corrected chi connectivity index (χ0v) is 16.7. The van der Waals surface area contributed by atoms with Gasteiger partial charge in [-0.2, -0.15) is 0 Å². The lowest BCUT2D eigenvalue weighted by molar-refractivity contribution is -0.274. The Hall–Kier alpha value is -2.75. The summed E-state index contributed by atoms with van der Waals surface area (Å²) in [5.41, 5.74) is 0.255. The number of hydrogen-bond acceptors (Lipinski definition) is 4. The van der Waals surface area contributed by atoms with Crippen molar-refractivity contribution in [3.63, 3.8) is 0 Å². The number of carbonyl (C=O) groups is 1. The normalized spacial score (nSPS) is 15.4. The van der Waals surface area contributed by atoms with Gasteiger partial charge in [0.1, 0.15) is 5.75 Å². The molecular weight excluding hydrogens is 421 g/mol. The van der Waals surface area contributed by atoms with Crippen molar-refractivity contribution in [1.29, 1.82) is 0 Å². The van der Waals surface area contributed by atoms with Gasteiger partial charge in [-0.05, 0) is 49.2 Å². The quantitative estimate of drug-likeness (QED) is 0.692. The van der Waals surface area contributed by atoms with Crippen LogP contribution in [0.2, 0.25) is 0 Å². The molecule has 2 aromatic carbocycles. The van der Waals surface area contributed by atoms with Gasteiger partial charge in [0.15, 0.2) is 0 Å². The summed E-state index contributed by atoms with van der Waals surface area (Å²) >= 11 is 0. The number of ether oxygens (including phenoxy) is 1. The van der Waals surface area contributed by atoms with Crippen molar-refractivity contribution in [1.82, 2.24) is 5.32 Å². The van der Waals surface area contributed by atoms with Crippen LogP contribution in [0.15, 0.2) is 53.4 Å². The van der Waals surface area contributed by atoms with E-state index in [1.165, 1.54) is 12.1 Å². The molecule has 0 heterocycles. The molecule has 1 amide bonds. The molecule has 0 atom stereocenters. The molecule has 0 unspecified atom stereocenters. The van der Waals surface area contributed by atoms with E-state index in [0.29, 0.717) is 0 Å². The topological polar surface area (TPSA) is 84.5 Å². The van der Waals surface area contributed by atoms with Gasteiger partial charge >= 0.3 is 6.36 Å². The number of hydrogen-bond donors (Lipinski definition) is 2. The molecule has 3 rings (SSSR count). The molecule has 1 aliphatic rings. The van der Waals surface area contributed by atoms with E-state index in [0.717, 1.165) is 56.4 Å². The number of sulfonamides is 1. The van der Waals surface area contributed by atoms with E-state index in [2.05, 4.69) is 14.8 Å². The molecule has 2 aromatic rings. The third kappa shape index (κ3) is 5.88. The molecule has 0 spiro atoms. The zero-order valence-electron chi connectivity index (χ0n) is 15.9. The largest absolute Gasteiger partial charge is 0.573 e. The number of carbonyl (C=O) groups excluding carboxylic acids is 1. The summed E-state index contributed by atoms with van der Waals surface area (Å²) in [7, 11) is -4.13. The summed E-state index contributed by atoms with van der Waals surface area (Å²) in [5.74, 6) is -0.914. The van der Waals surface area contributed by atoms with Crippen LogP contribution in [0.25, 0.3) is 0 Å². The van der Waals surface area contributed by atoms with Gasteiger partial charge in [0.05, 0.1) is 16.1 Å². The van der Waals surface area contributed by atoms with Crippen LogP contribution in [0.5, 0.6) is 5.75 Å². The van der Waals surface area contributed by atoms with Crippen molar-refractivity contribution in [2.45, 2.75) is 49.4 Å². The second-order valence-electron chi connectivity index (χ2n) is 6.98. The maximum atomic E-state index is 12.7. The van der Waals surface area contributed by atoms with Gasteiger partial charge in [0.25, 0.3) is 15.9 Å². The van der Waals surface area contributed by atoms with Gasteiger partial charge < -0.3 is 10.1 Å². The second-order valence-corrected chi connectivity index (χ2v) is 8.66. The first-order valence-electron chi connectivity index (χ1n) is 9.42. The lowest BCUT2D eigenvalue weighted by atomic mass is 9.95. The smallest absolute Gasteiger partial charge is 0.406 e. The fraction of sp³-hybridized carbons (Fsp3) is 0.350. The molecule has 1 saturated carbocycles. The van der Waals surface area contributed by atoms with Crippen molar-refractivity contribution in [3.05, 3.63) is 54.1 Å². The third-order valence-corrected chi connectivity index (χ3v) is 6.11. The number of alkyl halides is 3. The molecule has 162 valence electrons. The van der Waals surface area contributed by atoms with Crippen LogP contribution in [0.1, 0.15) is 42.5 Å². The summed E-state index contributed by atoms with van der Waals surface area (Å²) in [4.78, 5) is 12.4. The minimum atomic E-state index is -4.87. The van der Waals surface area contributed by atoms with Gasteiger partial charge in [-0.3, -0.25) is 9.52 Å². The molecular formula is C20H21F3N2O4S. The SMILES string of the molecule is O=C(NC1CCCCC1)c1ccccc1NS(=O)(=O)c1ccc(OC(F)(F)F)cc1. The van der Waals surface area contributed by atoms with Crippen molar-refractivity contribution in [2.24, 2.45) is 0 Å². The summed E-state index contributed by atoms with van der Waals surface area (Å²) < 4.78 is 68.2. The number of halogens is 3. The van der Waals surface area contributed by atoms with Crippen LogP contribution < -0.4 is 14.8 Å². The van der Waals surface area contributed by atoms with E-state index in [1.54, 1.807) is 12.1 Å². The first kappa shape index (κ1) is 21.9. The molecule has 1 aliphatic carbocycles. The Labute approximate surface area is 172 Å². The molecule has 1 fully saturated rings. The molecule has 0 radical (unpaired) electrons. The molecule has 2 N–H and O–H groups in total. The average Bonchev–Trinajstić information content (AvgIpc) is 2.68. The van der Waals surface area contributed by atoms with Gasteiger partial charge in [-0.15, -0.1) is 13.2 Å². The van der Waals surface area contributed by atoms with Crippen molar-refractivity contribution in [3.8, 4) is 5.75 Å². The molecule has 30 heavy (non-hydrogen) atoms. The van der Waals surface area contributed by atoms with E-state index >= 15 is 0 Å². The van der Waals surface area contributed by atoms with Crippen LogP contribution in [-0.4, -0.2) is 26.7 Å². The van der Waals surface area contributed by atoms with E-state index in [4.69, 9.17) is 0 Å². The van der Waals surface area contributed by atoms with E-state index in [1.807, 2.05) is 0 Å². The highest BCUT2D eigenvalue weighted by Crippen LogP contribution is 2.26. The number of anilines is 1. The summed E-state index contributed by atoms with van der Waals surface area (Å²) in [5, 5.41) is 2.93. The first-order valence-corrected chi connectivity index (χ1v) is 10.9. The summed E-state index contributed by atoms with van der Waals surface area (Å²) in [6, 6.07) is 10.0. The van der Waals surface area contributed by atoms with Crippen LogP contribution in [0, 0.1) is 0 Å². The van der Waals surface area contributed by atoms with Crippen molar-refractivity contribution >= 4 is 21.6 Å². The predicted molar refractivity (Wildman–Crippen MR) is 105 cm³/mol. The molecule has 0 bridgehead atoms. The molecule has 0 saturated heterocycles. The number of rotatable bonds is 6. The third-order valence-electron chi connectivity index (χ3n) is 4.72. The van der Waals surface area contributed by atoms with Gasteiger partial charge in [-0.1, -0.05) is 31.4 Å². The Balaban J connectivity index is 1.76. The van der Waals surface area contributed by atoms with Crippen molar-refractivity contribution in [2.75, 3.05) is 4.72 Å². The maximum absolute atomic E-state index is 12.7. The van der Waals surface area contributed by atoms with Gasteiger partial charge in [0, 0.05) is 6.04 Å². The highest BCUT2D eigenvalue weighted by Gasteiger charge is 2.31. The predicted octanol–water partition coefficient (Wildman–Crippen LogP) is 4.45. The second kappa shape index (κ2) is 8.95. The van der Waals surface area contributed by atoms with E-state index in [-0.39, 0.29) is 28.1 Å². The van der Waals surface area contributed by atoms with Gasteiger partial charge in [-0.25, -0.2) is 8.42 Å². The highest BCUT2D eigenvalue weighted by molar-refractivity contribution is 7.92. The molecule has 0 aromatic heterocycles. The van der Waals surface area contributed by atoms with Crippen LogP contribution >= 0.6 is 0 Å². The minimum absolute atomic E-state index is 0.0529. The number of benzene rings is 2. The monoisotopic (exact) mass is 442 g/mol. The summed E-state index contributed by atoms with van der Waals surface area (Å²) in [6.45, 7) is 0. The Bertz CT molecular complexity index is 986. The summed E-state index contributed by atoms with van der Waals surface area (Å²) in [6.07, 6.45) is 0.0946. The Morgan fingerprint density at radius 1 is 0.967 bits per heavy atom. The van der Waals surface area contributed by atoms with Crippen LogP contribution in [0.3, 0.4) is 0 Å². The standard InChI is InChI=1S/C20H21F3N2O4S/c21-20(22,23)29-15-10-12-16(13-11-15)30(27,28)25-18-9-5-4-8-17(18)19(26)24-14-6-2-1-3-7-14/h4-5,8-14,25H,1-3,6-7H2,(H,24,26). The minimum Gasteiger partial charge on any atom is -0.406 e. The lowest BCUT2D eigenvalue weighted by Gasteiger charge is -2.23. The average molecular weight is 442 g/mol. The number of para-hydroxylation sites is 1. The molecule has 10 heteroatoms. The van der Waals surface area contributed by atoms with Crippen LogP contribution in [-0.2, 0) is 10.0 Å². The fourth-order valence-electron chi connectivity index (χ4n) is 3.30. The number of nitrogens with one attached hydrogen (secondary N) is 2. The van der Waals surface area contributed by atoms with Crippen molar-refractivity contribution < 1.29 is 31.1 Å². The zero-order chi connectivity index (χ0) is 21.8.